The van der Waals surface area contributed by atoms with Crippen molar-refractivity contribution in [3.8, 4) is 12.3 Å². The Morgan fingerprint density at radius 1 is 1.64 bits per heavy atom. The van der Waals surface area contributed by atoms with Gasteiger partial charge in [-0.1, -0.05) is 5.92 Å². The Hall–Kier alpha value is -1.96. The molecule has 1 saturated heterocycles. The molecule has 0 radical (unpaired) electrons. The summed E-state index contributed by atoms with van der Waals surface area (Å²) in [5.74, 6) is 2.01. The highest BCUT2D eigenvalue weighted by Crippen LogP contribution is 1.97. The topological polar surface area (TPSA) is 58.6 Å². The third-order valence-corrected chi connectivity index (χ3v) is 1.55. The van der Waals surface area contributed by atoms with E-state index in [1.807, 2.05) is 0 Å². The zero-order chi connectivity index (χ0) is 10.4. The van der Waals surface area contributed by atoms with Crippen LogP contribution in [-0.4, -0.2) is 36.5 Å². The largest absolute Gasteiger partial charge is 0.489 e. The first-order valence-electron chi connectivity index (χ1n) is 4.03. The lowest BCUT2D eigenvalue weighted by molar-refractivity contribution is -0.118. The smallest absolute Gasteiger partial charge is 0.324 e. The molecule has 5 heteroatoms. The van der Waals surface area contributed by atoms with Crippen LogP contribution in [0.25, 0.3) is 0 Å². The SMILES string of the molecule is C#CCOC=CCN1CC(=O)NC1=O. The number of amides is 3. The molecule has 1 heterocycles. The van der Waals surface area contributed by atoms with Gasteiger partial charge in [0.1, 0.15) is 13.2 Å². The van der Waals surface area contributed by atoms with Gasteiger partial charge in [-0.2, -0.15) is 0 Å². The van der Waals surface area contributed by atoms with E-state index in [1.165, 1.54) is 11.2 Å². The molecular weight excluding hydrogens is 184 g/mol. The molecule has 0 saturated carbocycles. The van der Waals surface area contributed by atoms with Crippen molar-refractivity contribution in [1.82, 2.24) is 10.2 Å². The van der Waals surface area contributed by atoms with Gasteiger partial charge in [-0.25, -0.2) is 4.79 Å². The normalized spacial score (nSPS) is 15.8. The number of carbonyl (C=O) groups is 2. The molecule has 0 aliphatic carbocycles. The van der Waals surface area contributed by atoms with E-state index in [9.17, 15) is 9.59 Å². The van der Waals surface area contributed by atoms with Crippen LogP contribution in [0.5, 0.6) is 0 Å². The molecule has 0 bridgehead atoms. The summed E-state index contributed by atoms with van der Waals surface area (Å²) >= 11 is 0. The van der Waals surface area contributed by atoms with Crippen molar-refractivity contribution in [3.63, 3.8) is 0 Å². The molecule has 0 unspecified atom stereocenters. The summed E-state index contributed by atoms with van der Waals surface area (Å²) in [6, 6.07) is -0.378. The van der Waals surface area contributed by atoms with E-state index in [4.69, 9.17) is 11.2 Å². The Labute approximate surface area is 81.7 Å². The van der Waals surface area contributed by atoms with Crippen molar-refractivity contribution < 1.29 is 14.3 Å². The Kier molecular flexibility index (Phi) is 3.56. The fourth-order valence-corrected chi connectivity index (χ4v) is 0.965. The van der Waals surface area contributed by atoms with Crippen LogP contribution in [0.15, 0.2) is 12.3 Å². The Morgan fingerprint density at radius 3 is 3.00 bits per heavy atom. The number of rotatable bonds is 4. The third-order valence-electron chi connectivity index (χ3n) is 1.55. The summed E-state index contributed by atoms with van der Waals surface area (Å²) in [5.41, 5.74) is 0. The minimum atomic E-state index is -0.378. The second-order valence-corrected chi connectivity index (χ2v) is 2.62. The predicted octanol–water partition coefficient (Wildman–Crippen LogP) is -0.298. The average Bonchev–Trinajstić information content (AvgIpc) is 2.45. The fraction of sp³-hybridized carbons (Fsp3) is 0.333. The minimum absolute atomic E-state index is 0.0955. The van der Waals surface area contributed by atoms with E-state index in [-0.39, 0.29) is 25.1 Å². The lowest BCUT2D eigenvalue weighted by atomic mass is 10.5. The van der Waals surface area contributed by atoms with Crippen molar-refractivity contribution in [2.45, 2.75) is 0 Å². The molecule has 1 aliphatic rings. The Bertz CT molecular complexity index is 304. The van der Waals surface area contributed by atoms with Gasteiger partial charge in [-0.15, -0.1) is 6.42 Å². The van der Waals surface area contributed by atoms with Crippen molar-refractivity contribution in [2.75, 3.05) is 19.7 Å². The standard InChI is InChI=1S/C9H10N2O3/c1-2-5-14-6-3-4-11-7-8(12)10-9(11)13/h1,3,6H,4-5,7H2,(H,10,12,13). The van der Waals surface area contributed by atoms with Gasteiger partial charge in [-0.3, -0.25) is 10.1 Å². The number of urea groups is 1. The highest BCUT2D eigenvalue weighted by molar-refractivity contribution is 6.01. The molecule has 0 aromatic heterocycles. The molecule has 5 nitrogen and oxygen atoms in total. The number of nitrogens with one attached hydrogen (secondary N) is 1. The summed E-state index contributed by atoms with van der Waals surface area (Å²) < 4.78 is 4.84. The zero-order valence-corrected chi connectivity index (χ0v) is 7.53. The summed E-state index contributed by atoms with van der Waals surface area (Å²) in [6.07, 6.45) is 7.98. The van der Waals surface area contributed by atoms with E-state index >= 15 is 0 Å². The number of hydrogen-bond acceptors (Lipinski definition) is 3. The van der Waals surface area contributed by atoms with Crippen LogP contribution in [-0.2, 0) is 9.53 Å². The van der Waals surface area contributed by atoms with Crippen LogP contribution in [0.3, 0.4) is 0 Å². The molecule has 1 rings (SSSR count). The van der Waals surface area contributed by atoms with Crippen molar-refractivity contribution in [1.29, 1.82) is 0 Å². The van der Waals surface area contributed by atoms with E-state index in [1.54, 1.807) is 6.08 Å². The number of carbonyl (C=O) groups excluding carboxylic acids is 2. The quantitative estimate of drug-likeness (QED) is 0.289. The van der Waals surface area contributed by atoms with E-state index in [0.717, 1.165) is 0 Å². The number of ether oxygens (including phenoxy) is 1. The third kappa shape index (κ3) is 2.83. The maximum absolute atomic E-state index is 11.0. The van der Waals surface area contributed by atoms with Gasteiger partial charge < -0.3 is 9.64 Å². The predicted molar refractivity (Wildman–Crippen MR) is 49.0 cm³/mol. The van der Waals surface area contributed by atoms with Crippen molar-refractivity contribution in [3.05, 3.63) is 12.3 Å². The van der Waals surface area contributed by atoms with Crippen LogP contribution in [0.2, 0.25) is 0 Å². The monoisotopic (exact) mass is 194 g/mol. The highest BCUT2D eigenvalue weighted by atomic mass is 16.5. The lowest BCUT2D eigenvalue weighted by Gasteiger charge is -2.08. The first kappa shape index (κ1) is 10.1. The van der Waals surface area contributed by atoms with Gasteiger partial charge in [0, 0.05) is 6.54 Å². The average molecular weight is 194 g/mol. The maximum Gasteiger partial charge on any atom is 0.324 e. The van der Waals surface area contributed by atoms with Gasteiger partial charge in [0.15, 0.2) is 0 Å². The minimum Gasteiger partial charge on any atom is -0.489 e. The molecule has 0 spiro atoms. The highest BCUT2D eigenvalue weighted by Gasteiger charge is 2.24. The maximum atomic E-state index is 11.0. The second-order valence-electron chi connectivity index (χ2n) is 2.62. The summed E-state index contributed by atoms with van der Waals surface area (Å²) in [4.78, 5) is 23.1. The number of terminal acetylenes is 1. The summed E-state index contributed by atoms with van der Waals surface area (Å²) in [6.45, 7) is 0.627. The molecule has 0 aromatic rings. The Morgan fingerprint density at radius 2 is 2.43 bits per heavy atom. The molecule has 74 valence electrons. The molecule has 1 aliphatic heterocycles. The first-order valence-corrected chi connectivity index (χ1v) is 4.03. The van der Waals surface area contributed by atoms with Crippen LogP contribution in [0.1, 0.15) is 0 Å². The van der Waals surface area contributed by atoms with Crippen molar-refractivity contribution in [2.24, 2.45) is 0 Å². The summed E-state index contributed by atoms with van der Waals surface area (Å²) in [5, 5.41) is 2.16. The van der Waals surface area contributed by atoms with Gasteiger partial charge >= 0.3 is 6.03 Å². The van der Waals surface area contributed by atoms with Crippen molar-refractivity contribution >= 4 is 11.9 Å². The number of imide groups is 1. The van der Waals surface area contributed by atoms with Gasteiger partial charge in [0.25, 0.3) is 0 Å². The molecule has 0 aromatic carbocycles. The second kappa shape index (κ2) is 4.92. The van der Waals surface area contributed by atoms with Crippen LogP contribution in [0.4, 0.5) is 4.79 Å². The molecule has 14 heavy (non-hydrogen) atoms. The van der Waals surface area contributed by atoms with E-state index < -0.39 is 0 Å². The van der Waals surface area contributed by atoms with Crippen LogP contribution in [0, 0.1) is 12.3 Å². The lowest BCUT2D eigenvalue weighted by Crippen LogP contribution is -2.28. The molecule has 1 fully saturated rings. The molecule has 3 amide bonds. The van der Waals surface area contributed by atoms with Crippen LogP contribution >= 0.6 is 0 Å². The van der Waals surface area contributed by atoms with E-state index in [0.29, 0.717) is 6.54 Å². The van der Waals surface area contributed by atoms with Crippen LogP contribution < -0.4 is 5.32 Å². The zero-order valence-electron chi connectivity index (χ0n) is 7.53. The van der Waals surface area contributed by atoms with Gasteiger partial charge in [0.2, 0.25) is 5.91 Å². The fourth-order valence-electron chi connectivity index (χ4n) is 0.965. The Balaban J connectivity index is 2.25. The first-order chi connectivity index (χ1) is 6.74. The molecule has 0 atom stereocenters. The summed E-state index contributed by atoms with van der Waals surface area (Å²) in [7, 11) is 0. The molecular formula is C9H10N2O3. The van der Waals surface area contributed by atoms with Gasteiger partial charge in [0.05, 0.1) is 6.26 Å². The number of nitrogens with zero attached hydrogens (tertiary/aromatic N) is 1. The number of hydrogen-bond donors (Lipinski definition) is 1. The molecule has 1 N–H and O–H groups in total. The van der Waals surface area contributed by atoms with Gasteiger partial charge in [-0.05, 0) is 6.08 Å². The van der Waals surface area contributed by atoms with E-state index in [2.05, 4.69) is 11.2 Å².